The predicted molar refractivity (Wildman–Crippen MR) is 119 cm³/mol. The summed E-state index contributed by atoms with van der Waals surface area (Å²) in [7, 11) is 0. The van der Waals surface area contributed by atoms with Gasteiger partial charge >= 0.3 is 0 Å². The largest absolute Gasteiger partial charge is 0.378 e. The Morgan fingerprint density at radius 1 is 0.968 bits per heavy atom. The molecular weight excluding hydrogens is 390 g/mol. The van der Waals surface area contributed by atoms with Gasteiger partial charge < -0.3 is 14.6 Å². The van der Waals surface area contributed by atoms with Crippen molar-refractivity contribution in [2.24, 2.45) is 0 Å². The van der Waals surface area contributed by atoms with Crippen LogP contribution in [0.25, 0.3) is 16.5 Å². The molecule has 5 rings (SSSR count). The minimum atomic E-state index is -0.213. The Morgan fingerprint density at radius 2 is 1.71 bits per heavy atom. The van der Waals surface area contributed by atoms with Crippen LogP contribution in [0, 0.1) is 6.92 Å². The summed E-state index contributed by atoms with van der Waals surface area (Å²) in [6.45, 7) is 4.70. The predicted octanol–water partition coefficient (Wildman–Crippen LogP) is 3.13. The summed E-state index contributed by atoms with van der Waals surface area (Å²) in [5.41, 5.74) is 5.09. The van der Waals surface area contributed by atoms with E-state index in [4.69, 9.17) is 4.74 Å². The molecule has 2 aliphatic heterocycles. The Labute approximate surface area is 181 Å². The number of rotatable bonds is 5. The fraction of sp³-hybridized carbons (Fsp3) is 0.280. The van der Waals surface area contributed by atoms with E-state index >= 15 is 0 Å². The molecule has 1 saturated heterocycles. The Hall–Kier alpha value is -3.38. The van der Waals surface area contributed by atoms with Gasteiger partial charge in [0.25, 0.3) is 11.8 Å². The number of ether oxygens (including phenoxy) is 1. The Bertz CT molecular complexity index is 1170. The highest BCUT2D eigenvalue weighted by Gasteiger charge is 2.41. The van der Waals surface area contributed by atoms with E-state index in [-0.39, 0.29) is 11.8 Å². The van der Waals surface area contributed by atoms with Crippen molar-refractivity contribution in [2.45, 2.75) is 13.3 Å². The van der Waals surface area contributed by atoms with Crippen molar-refractivity contribution in [3.63, 3.8) is 0 Å². The molecule has 0 spiro atoms. The molecule has 0 atom stereocenters. The highest BCUT2D eigenvalue weighted by Crippen LogP contribution is 2.32. The van der Waals surface area contributed by atoms with Gasteiger partial charge in [0.05, 0.1) is 18.8 Å². The lowest BCUT2D eigenvalue weighted by Crippen LogP contribution is -2.40. The lowest BCUT2D eigenvalue weighted by Gasteiger charge is -2.29. The van der Waals surface area contributed by atoms with E-state index in [1.165, 1.54) is 4.90 Å². The Morgan fingerprint density at radius 3 is 2.48 bits per heavy atom. The smallest absolute Gasteiger partial charge is 0.277 e. The second-order valence-corrected chi connectivity index (χ2v) is 8.06. The zero-order valence-electron chi connectivity index (χ0n) is 17.6. The standard InChI is InChI=1S/C25H25N3O3/c1-17-6-8-18(9-7-17)22-23(27-12-14-31-15-13-27)25(30)28(24(22)29)11-10-19-16-26-21-5-3-2-4-20(19)21/h2-9,16,26H,10-15H2,1H3. The van der Waals surface area contributed by atoms with Crippen molar-refractivity contribution in [3.05, 3.63) is 77.1 Å². The number of aryl methyl sites for hydroxylation is 1. The van der Waals surface area contributed by atoms with E-state index in [2.05, 4.69) is 11.1 Å². The number of morpholine rings is 1. The summed E-state index contributed by atoms with van der Waals surface area (Å²) < 4.78 is 5.46. The number of nitrogens with zero attached hydrogens (tertiary/aromatic N) is 2. The molecule has 1 aromatic heterocycles. The average Bonchev–Trinajstić information content (AvgIpc) is 3.32. The van der Waals surface area contributed by atoms with E-state index in [9.17, 15) is 9.59 Å². The third-order valence-electron chi connectivity index (χ3n) is 6.09. The lowest BCUT2D eigenvalue weighted by molar-refractivity contribution is -0.137. The first-order chi connectivity index (χ1) is 15.1. The number of fused-ring (bicyclic) bond motifs is 1. The Balaban J connectivity index is 1.45. The Kier molecular flexibility index (Phi) is 5.08. The SMILES string of the molecule is Cc1ccc(C2=C(N3CCOCC3)C(=O)N(CCc3c[nH]c4ccccc34)C2=O)cc1. The van der Waals surface area contributed by atoms with Crippen LogP contribution in [0.2, 0.25) is 0 Å². The van der Waals surface area contributed by atoms with Crippen molar-refractivity contribution in [1.29, 1.82) is 0 Å². The number of H-pyrrole nitrogens is 1. The van der Waals surface area contributed by atoms with Gasteiger partial charge in [-0.3, -0.25) is 14.5 Å². The summed E-state index contributed by atoms with van der Waals surface area (Å²) in [5, 5.41) is 1.13. The normalized spacial score (nSPS) is 17.3. The highest BCUT2D eigenvalue weighted by molar-refractivity contribution is 6.35. The molecule has 6 heteroatoms. The van der Waals surface area contributed by atoms with Crippen LogP contribution in [0.5, 0.6) is 0 Å². The number of nitrogens with one attached hydrogen (secondary N) is 1. The quantitative estimate of drug-likeness (QED) is 0.651. The van der Waals surface area contributed by atoms with Crippen LogP contribution < -0.4 is 0 Å². The number of amides is 2. The molecule has 3 aromatic rings. The van der Waals surface area contributed by atoms with Gasteiger partial charge in [-0.05, 0) is 30.5 Å². The van der Waals surface area contributed by atoms with Gasteiger partial charge in [0.2, 0.25) is 0 Å². The molecule has 0 aliphatic carbocycles. The zero-order valence-corrected chi connectivity index (χ0v) is 17.6. The van der Waals surface area contributed by atoms with Crippen LogP contribution in [0.1, 0.15) is 16.7 Å². The maximum Gasteiger partial charge on any atom is 0.277 e. The number of aromatic nitrogens is 1. The molecule has 1 fully saturated rings. The van der Waals surface area contributed by atoms with Crippen LogP contribution in [0.4, 0.5) is 0 Å². The molecule has 6 nitrogen and oxygen atoms in total. The average molecular weight is 415 g/mol. The van der Waals surface area contributed by atoms with Crippen LogP contribution in [0.15, 0.2) is 60.4 Å². The highest BCUT2D eigenvalue weighted by atomic mass is 16.5. The fourth-order valence-corrected chi connectivity index (χ4v) is 4.40. The monoisotopic (exact) mass is 415 g/mol. The van der Waals surface area contributed by atoms with Crippen LogP contribution in [-0.4, -0.2) is 59.4 Å². The molecular formula is C25H25N3O3. The number of carbonyl (C=O) groups is 2. The van der Waals surface area contributed by atoms with Crippen molar-refractivity contribution in [2.75, 3.05) is 32.8 Å². The van der Waals surface area contributed by atoms with Crippen LogP contribution >= 0.6 is 0 Å². The van der Waals surface area contributed by atoms with Gasteiger partial charge in [-0.25, -0.2) is 0 Å². The first-order valence-corrected chi connectivity index (χ1v) is 10.7. The molecule has 0 unspecified atom stereocenters. The summed E-state index contributed by atoms with van der Waals surface area (Å²) in [4.78, 5) is 33.6. The number of imide groups is 1. The number of hydrogen-bond acceptors (Lipinski definition) is 4. The number of para-hydroxylation sites is 1. The summed E-state index contributed by atoms with van der Waals surface area (Å²) in [6, 6.07) is 15.9. The molecule has 1 N–H and O–H groups in total. The number of carbonyl (C=O) groups excluding carboxylic acids is 2. The number of aromatic amines is 1. The molecule has 2 aromatic carbocycles. The molecule has 158 valence electrons. The minimum Gasteiger partial charge on any atom is -0.378 e. The molecule has 3 heterocycles. The molecule has 0 saturated carbocycles. The molecule has 2 amide bonds. The maximum atomic E-state index is 13.5. The van der Waals surface area contributed by atoms with E-state index in [1.54, 1.807) is 0 Å². The second kappa shape index (κ2) is 8.04. The first-order valence-electron chi connectivity index (χ1n) is 10.7. The fourth-order valence-electron chi connectivity index (χ4n) is 4.40. The minimum absolute atomic E-state index is 0.206. The van der Waals surface area contributed by atoms with Crippen molar-refractivity contribution < 1.29 is 14.3 Å². The number of benzene rings is 2. The number of hydrogen-bond donors (Lipinski definition) is 1. The topological polar surface area (TPSA) is 65.6 Å². The third kappa shape index (κ3) is 3.53. The first kappa shape index (κ1) is 19.6. The molecule has 31 heavy (non-hydrogen) atoms. The van der Waals surface area contributed by atoms with Gasteiger partial charge in [-0.2, -0.15) is 0 Å². The van der Waals surface area contributed by atoms with Gasteiger partial charge in [0, 0.05) is 36.7 Å². The van der Waals surface area contributed by atoms with Gasteiger partial charge in [-0.15, -0.1) is 0 Å². The van der Waals surface area contributed by atoms with E-state index in [1.807, 2.05) is 60.5 Å². The van der Waals surface area contributed by atoms with E-state index in [0.29, 0.717) is 50.5 Å². The van der Waals surface area contributed by atoms with Crippen molar-refractivity contribution in [1.82, 2.24) is 14.8 Å². The summed E-state index contributed by atoms with van der Waals surface area (Å²) in [5.74, 6) is -0.419. The molecule has 0 bridgehead atoms. The van der Waals surface area contributed by atoms with Gasteiger partial charge in [0.15, 0.2) is 0 Å². The summed E-state index contributed by atoms with van der Waals surface area (Å²) >= 11 is 0. The third-order valence-corrected chi connectivity index (χ3v) is 6.09. The van der Waals surface area contributed by atoms with Crippen molar-refractivity contribution >= 4 is 28.3 Å². The van der Waals surface area contributed by atoms with Crippen molar-refractivity contribution in [3.8, 4) is 0 Å². The summed E-state index contributed by atoms with van der Waals surface area (Å²) in [6.07, 6.45) is 2.58. The van der Waals surface area contributed by atoms with Crippen LogP contribution in [0.3, 0.4) is 0 Å². The van der Waals surface area contributed by atoms with E-state index in [0.717, 1.165) is 27.6 Å². The zero-order chi connectivity index (χ0) is 21.4. The second-order valence-electron chi connectivity index (χ2n) is 8.06. The van der Waals surface area contributed by atoms with E-state index < -0.39 is 0 Å². The molecule has 2 aliphatic rings. The van der Waals surface area contributed by atoms with Crippen LogP contribution in [-0.2, 0) is 20.7 Å². The lowest BCUT2D eigenvalue weighted by atomic mass is 10.0. The molecule has 0 radical (unpaired) electrons. The van der Waals surface area contributed by atoms with Gasteiger partial charge in [-0.1, -0.05) is 48.0 Å². The maximum absolute atomic E-state index is 13.5. The van der Waals surface area contributed by atoms with Gasteiger partial charge in [0.1, 0.15) is 5.70 Å².